The number of alkyl halides is 2. The second-order valence-electron chi connectivity index (χ2n) is 6.33. The van der Waals surface area contributed by atoms with Gasteiger partial charge in [-0.25, -0.2) is 4.98 Å². The molecule has 1 aromatic carbocycles. The molecule has 12 heteroatoms. The molecule has 3 aromatic rings. The number of nitrogens with zero attached hydrogens (tertiary/aromatic N) is 4. The van der Waals surface area contributed by atoms with Gasteiger partial charge in [-0.2, -0.15) is 13.9 Å². The quantitative estimate of drug-likeness (QED) is 0.435. The molecule has 0 saturated carbocycles. The van der Waals surface area contributed by atoms with Gasteiger partial charge >= 0.3 is 12.3 Å². The third-order valence-corrected chi connectivity index (χ3v) is 5.08. The number of nitro groups is 1. The van der Waals surface area contributed by atoms with Gasteiger partial charge in [0.25, 0.3) is 5.91 Å². The second kappa shape index (κ2) is 8.53. The van der Waals surface area contributed by atoms with Crippen LogP contribution in [0.4, 0.5) is 19.6 Å². The molecule has 1 atom stereocenters. The molecule has 2 aromatic heterocycles. The van der Waals surface area contributed by atoms with Crippen molar-refractivity contribution in [1.82, 2.24) is 14.8 Å². The van der Waals surface area contributed by atoms with Gasteiger partial charge in [-0.15, -0.1) is 11.3 Å². The summed E-state index contributed by atoms with van der Waals surface area (Å²) in [5.41, 5.74) is 1.60. The molecular weight excluding hydrogens is 420 g/mol. The normalized spacial score (nSPS) is 12.1. The summed E-state index contributed by atoms with van der Waals surface area (Å²) in [7, 11) is 0. The van der Waals surface area contributed by atoms with Crippen LogP contribution in [0.25, 0.3) is 11.3 Å². The molecule has 1 N–H and O–H groups in total. The van der Waals surface area contributed by atoms with Crippen LogP contribution < -0.4 is 10.1 Å². The van der Waals surface area contributed by atoms with E-state index in [2.05, 4.69) is 20.1 Å². The molecule has 0 bridgehead atoms. The summed E-state index contributed by atoms with van der Waals surface area (Å²) in [6, 6.07) is 5.16. The molecule has 158 valence electrons. The highest BCUT2D eigenvalue weighted by Crippen LogP contribution is 2.28. The van der Waals surface area contributed by atoms with Crippen molar-refractivity contribution in [3.8, 4) is 17.0 Å². The highest BCUT2D eigenvalue weighted by Gasteiger charge is 2.27. The standard InChI is InChI=1S/C18H17F2N5O4S/c1-9-15(25(27)28)10(2)24(23-9)11(3)16(26)22-18-21-14(8-30-18)12-4-6-13(7-5-12)29-17(19)20/h4-8,11,17H,1-3H3,(H,21,22,26). The number of aromatic nitrogens is 3. The first-order valence-corrected chi connectivity index (χ1v) is 9.57. The maximum atomic E-state index is 12.6. The van der Waals surface area contributed by atoms with Gasteiger partial charge in [-0.1, -0.05) is 0 Å². The van der Waals surface area contributed by atoms with E-state index >= 15 is 0 Å². The number of rotatable bonds is 7. The maximum absolute atomic E-state index is 12.6. The van der Waals surface area contributed by atoms with E-state index in [-0.39, 0.29) is 22.8 Å². The molecule has 1 unspecified atom stereocenters. The molecule has 9 nitrogen and oxygen atoms in total. The van der Waals surface area contributed by atoms with Crippen molar-refractivity contribution >= 4 is 28.1 Å². The lowest BCUT2D eigenvalue weighted by Crippen LogP contribution is -2.25. The van der Waals surface area contributed by atoms with Crippen LogP contribution in [0, 0.1) is 24.0 Å². The molecule has 0 aliphatic heterocycles. The number of carbonyl (C=O) groups is 1. The van der Waals surface area contributed by atoms with Crippen molar-refractivity contribution in [2.45, 2.75) is 33.4 Å². The zero-order chi connectivity index (χ0) is 22.0. The number of ether oxygens (including phenoxy) is 1. The lowest BCUT2D eigenvalue weighted by Gasteiger charge is -2.12. The van der Waals surface area contributed by atoms with Crippen molar-refractivity contribution in [2.24, 2.45) is 0 Å². The Morgan fingerprint density at radius 1 is 1.30 bits per heavy atom. The van der Waals surface area contributed by atoms with Gasteiger partial charge in [0.15, 0.2) is 5.13 Å². The number of nitrogens with one attached hydrogen (secondary N) is 1. The number of amides is 1. The molecule has 1 amide bonds. The van der Waals surface area contributed by atoms with E-state index in [1.165, 1.54) is 42.0 Å². The third-order valence-electron chi connectivity index (χ3n) is 4.33. The monoisotopic (exact) mass is 437 g/mol. The molecule has 0 aliphatic carbocycles. The van der Waals surface area contributed by atoms with E-state index in [0.29, 0.717) is 16.4 Å². The van der Waals surface area contributed by atoms with Crippen LogP contribution in [0.5, 0.6) is 5.75 Å². The van der Waals surface area contributed by atoms with Crippen LogP contribution in [0.2, 0.25) is 0 Å². The summed E-state index contributed by atoms with van der Waals surface area (Å²) in [6.07, 6.45) is 0. The predicted molar refractivity (Wildman–Crippen MR) is 106 cm³/mol. The number of anilines is 1. The molecular formula is C18H17F2N5O4S. The molecule has 2 heterocycles. The maximum Gasteiger partial charge on any atom is 0.387 e. The Morgan fingerprint density at radius 2 is 1.97 bits per heavy atom. The van der Waals surface area contributed by atoms with Gasteiger partial charge in [0.05, 0.1) is 10.6 Å². The molecule has 0 saturated heterocycles. The van der Waals surface area contributed by atoms with Crippen LogP contribution in [0.3, 0.4) is 0 Å². The van der Waals surface area contributed by atoms with Crippen LogP contribution >= 0.6 is 11.3 Å². The Bertz CT molecular complexity index is 1080. The van der Waals surface area contributed by atoms with Crippen molar-refractivity contribution in [2.75, 3.05) is 5.32 Å². The van der Waals surface area contributed by atoms with Gasteiger partial charge in [0, 0.05) is 10.9 Å². The zero-order valence-corrected chi connectivity index (χ0v) is 16.9. The summed E-state index contributed by atoms with van der Waals surface area (Å²) < 4.78 is 30.1. The zero-order valence-electron chi connectivity index (χ0n) is 16.1. The minimum absolute atomic E-state index is 0.0327. The summed E-state index contributed by atoms with van der Waals surface area (Å²) in [6.45, 7) is 1.72. The number of hydrogen-bond acceptors (Lipinski definition) is 7. The number of aryl methyl sites for hydroxylation is 1. The topological polar surface area (TPSA) is 112 Å². The molecule has 0 aliphatic rings. The van der Waals surface area contributed by atoms with Gasteiger partial charge in [-0.3, -0.25) is 19.6 Å². The van der Waals surface area contributed by atoms with Gasteiger partial charge in [0.1, 0.15) is 23.2 Å². The minimum atomic E-state index is -2.90. The number of hydrogen-bond donors (Lipinski definition) is 1. The van der Waals surface area contributed by atoms with E-state index in [9.17, 15) is 23.7 Å². The lowest BCUT2D eigenvalue weighted by molar-refractivity contribution is -0.386. The number of benzene rings is 1. The van der Waals surface area contributed by atoms with E-state index in [4.69, 9.17) is 0 Å². The van der Waals surface area contributed by atoms with E-state index in [1.54, 1.807) is 24.4 Å². The summed E-state index contributed by atoms with van der Waals surface area (Å²) in [5, 5.41) is 20.0. The third kappa shape index (κ3) is 4.43. The van der Waals surface area contributed by atoms with Crippen LogP contribution in [-0.2, 0) is 4.79 Å². The lowest BCUT2D eigenvalue weighted by atomic mass is 10.2. The van der Waals surface area contributed by atoms with Crippen LogP contribution in [0.1, 0.15) is 24.4 Å². The first kappa shape index (κ1) is 21.3. The Labute approximate surface area is 173 Å². The second-order valence-corrected chi connectivity index (χ2v) is 7.19. The number of carbonyl (C=O) groups excluding carboxylic acids is 1. The van der Waals surface area contributed by atoms with Crippen molar-refractivity contribution in [1.29, 1.82) is 0 Å². The Kier molecular flexibility index (Phi) is 6.06. The van der Waals surface area contributed by atoms with Crippen LogP contribution in [0.15, 0.2) is 29.6 Å². The number of thiazole rings is 1. The smallest absolute Gasteiger partial charge is 0.387 e. The molecule has 0 fully saturated rings. The fraction of sp³-hybridized carbons (Fsp3) is 0.278. The van der Waals surface area contributed by atoms with Crippen molar-refractivity contribution in [3.05, 3.63) is 51.1 Å². The van der Waals surface area contributed by atoms with Crippen molar-refractivity contribution < 1.29 is 23.2 Å². The molecule has 3 rings (SSSR count). The molecule has 0 spiro atoms. The first-order valence-electron chi connectivity index (χ1n) is 8.69. The van der Waals surface area contributed by atoms with Gasteiger partial charge < -0.3 is 10.1 Å². The van der Waals surface area contributed by atoms with E-state index in [0.717, 1.165) is 0 Å². The predicted octanol–water partition coefficient (Wildman–Crippen LogP) is 4.33. The Balaban J connectivity index is 1.72. The van der Waals surface area contributed by atoms with E-state index in [1.807, 2.05) is 0 Å². The highest BCUT2D eigenvalue weighted by atomic mass is 32.1. The molecule has 30 heavy (non-hydrogen) atoms. The summed E-state index contributed by atoms with van der Waals surface area (Å²) >= 11 is 1.19. The molecule has 0 radical (unpaired) electrons. The van der Waals surface area contributed by atoms with Gasteiger partial charge in [-0.05, 0) is 45.0 Å². The first-order chi connectivity index (χ1) is 14.2. The average Bonchev–Trinajstić information content (AvgIpc) is 3.25. The minimum Gasteiger partial charge on any atom is -0.435 e. The fourth-order valence-electron chi connectivity index (χ4n) is 2.89. The Morgan fingerprint density at radius 3 is 2.53 bits per heavy atom. The van der Waals surface area contributed by atoms with Crippen molar-refractivity contribution in [3.63, 3.8) is 0 Å². The number of halogens is 2. The summed E-state index contributed by atoms with van der Waals surface area (Å²) in [5.74, 6) is -0.401. The van der Waals surface area contributed by atoms with Crippen LogP contribution in [-0.4, -0.2) is 32.2 Å². The van der Waals surface area contributed by atoms with E-state index < -0.39 is 23.5 Å². The Hall–Kier alpha value is -3.41. The fourth-order valence-corrected chi connectivity index (χ4v) is 3.61. The summed E-state index contributed by atoms with van der Waals surface area (Å²) in [4.78, 5) is 27.5. The van der Waals surface area contributed by atoms with Gasteiger partial charge in [0.2, 0.25) is 0 Å². The average molecular weight is 437 g/mol. The highest BCUT2D eigenvalue weighted by molar-refractivity contribution is 7.14. The largest absolute Gasteiger partial charge is 0.435 e. The SMILES string of the molecule is Cc1nn(C(C)C(=O)Nc2nc(-c3ccc(OC(F)F)cc3)cs2)c(C)c1[N+](=O)[O-].